The zero-order chi connectivity index (χ0) is 24.8. The van der Waals surface area contributed by atoms with Gasteiger partial charge in [-0.05, 0) is 47.4 Å². The van der Waals surface area contributed by atoms with Crippen LogP contribution in [0.2, 0.25) is 0 Å². The van der Waals surface area contributed by atoms with Gasteiger partial charge in [0.1, 0.15) is 12.6 Å². The Hall–Kier alpha value is -3.61. The van der Waals surface area contributed by atoms with E-state index in [2.05, 4.69) is 41.5 Å². The third kappa shape index (κ3) is 5.73. The second-order valence-corrected chi connectivity index (χ2v) is 9.31. The second kappa shape index (κ2) is 11.2. The lowest BCUT2D eigenvalue weighted by Crippen LogP contribution is -2.46. The van der Waals surface area contributed by atoms with Gasteiger partial charge in [0.25, 0.3) is 0 Å². The van der Waals surface area contributed by atoms with E-state index in [4.69, 9.17) is 4.74 Å². The number of rotatable bonds is 9. The SMILES string of the molecule is C=CCC(NC(=O)C[C@H]1CCCC[C@H]1NC(=O)OCC1c2ccccc2-c2ccccc21)C(=O)O. The first kappa shape index (κ1) is 24.5. The Kier molecular flexibility index (Phi) is 7.85. The lowest BCUT2D eigenvalue weighted by molar-refractivity contribution is -0.141. The summed E-state index contributed by atoms with van der Waals surface area (Å²) in [6.45, 7) is 3.78. The van der Waals surface area contributed by atoms with Gasteiger partial charge in [-0.15, -0.1) is 6.58 Å². The summed E-state index contributed by atoms with van der Waals surface area (Å²) >= 11 is 0. The molecule has 3 atom stereocenters. The second-order valence-electron chi connectivity index (χ2n) is 9.31. The van der Waals surface area contributed by atoms with Gasteiger partial charge in [0.15, 0.2) is 0 Å². The lowest BCUT2D eigenvalue weighted by atomic mass is 9.82. The highest BCUT2D eigenvalue weighted by molar-refractivity contribution is 5.84. The Bertz CT molecular complexity index is 1050. The molecule has 7 heteroatoms. The van der Waals surface area contributed by atoms with Crippen LogP contribution in [0.25, 0.3) is 11.1 Å². The van der Waals surface area contributed by atoms with Gasteiger partial charge in [-0.25, -0.2) is 9.59 Å². The van der Waals surface area contributed by atoms with Crippen molar-refractivity contribution in [3.8, 4) is 11.1 Å². The summed E-state index contributed by atoms with van der Waals surface area (Å²) in [5.41, 5.74) is 4.65. The fourth-order valence-corrected chi connectivity index (χ4v) is 5.31. The van der Waals surface area contributed by atoms with Crippen LogP contribution >= 0.6 is 0 Å². The molecule has 2 aromatic rings. The van der Waals surface area contributed by atoms with Crippen molar-refractivity contribution in [2.75, 3.05) is 6.61 Å². The van der Waals surface area contributed by atoms with E-state index in [1.807, 2.05) is 24.3 Å². The first-order valence-corrected chi connectivity index (χ1v) is 12.2. The Balaban J connectivity index is 1.34. The van der Waals surface area contributed by atoms with Crippen LogP contribution in [0, 0.1) is 5.92 Å². The van der Waals surface area contributed by atoms with Gasteiger partial charge in [0, 0.05) is 18.4 Å². The van der Waals surface area contributed by atoms with Crippen molar-refractivity contribution >= 4 is 18.0 Å². The van der Waals surface area contributed by atoms with E-state index in [1.165, 1.54) is 17.2 Å². The van der Waals surface area contributed by atoms with Crippen molar-refractivity contribution in [2.24, 2.45) is 5.92 Å². The molecule has 3 N–H and O–H groups in total. The topological polar surface area (TPSA) is 105 Å². The maximum absolute atomic E-state index is 12.8. The molecular formula is C28H32N2O5. The molecule has 2 aliphatic carbocycles. The number of carbonyl (C=O) groups is 3. The maximum Gasteiger partial charge on any atom is 0.407 e. The number of hydrogen-bond acceptors (Lipinski definition) is 4. The molecule has 7 nitrogen and oxygen atoms in total. The van der Waals surface area contributed by atoms with Crippen molar-refractivity contribution in [2.45, 2.75) is 56.5 Å². The predicted molar refractivity (Wildman–Crippen MR) is 133 cm³/mol. The fraction of sp³-hybridized carbons (Fsp3) is 0.393. The fourth-order valence-electron chi connectivity index (χ4n) is 5.31. The first-order valence-electron chi connectivity index (χ1n) is 12.2. The molecule has 0 aromatic heterocycles. The molecule has 4 rings (SSSR count). The molecule has 1 unspecified atom stereocenters. The molecule has 0 heterocycles. The summed E-state index contributed by atoms with van der Waals surface area (Å²) in [7, 11) is 0. The van der Waals surface area contributed by atoms with Crippen molar-refractivity contribution in [3.63, 3.8) is 0 Å². The average molecular weight is 477 g/mol. The molecule has 35 heavy (non-hydrogen) atoms. The highest BCUT2D eigenvalue weighted by Crippen LogP contribution is 2.44. The third-order valence-corrected chi connectivity index (χ3v) is 7.04. The minimum absolute atomic E-state index is 0.0149. The van der Waals surface area contributed by atoms with Gasteiger partial charge in [0.2, 0.25) is 5.91 Å². The number of carbonyl (C=O) groups excluding carboxylic acids is 2. The molecule has 0 aliphatic heterocycles. The summed E-state index contributed by atoms with van der Waals surface area (Å²) in [5, 5.41) is 14.8. The van der Waals surface area contributed by atoms with E-state index < -0.39 is 18.1 Å². The van der Waals surface area contributed by atoms with Crippen LogP contribution in [-0.4, -0.2) is 41.8 Å². The summed E-state index contributed by atoms with van der Waals surface area (Å²) in [6, 6.07) is 15.2. The van der Waals surface area contributed by atoms with Crippen molar-refractivity contribution in [1.82, 2.24) is 10.6 Å². The van der Waals surface area contributed by atoms with Gasteiger partial charge in [0.05, 0.1) is 0 Å². The number of carboxylic acids is 1. The third-order valence-electron chi connectivity index (χ3n) is 7.04. The normalized spacial score (nSPS) is 19.7. The largest absolute Gasteiger partial charge is 0.480 e. The van der Waals surface area contributed by atoms with E-state index in [9.17, 15) is 19.5 Å². The van der Waals surface area contributed by atoms with E-state index in [0.29, 0.717) is 0 Å². The Labute approximate surface area is 205 Å². The maximum atomic E-state index is 12.8. The highest BCUT2D eigenvalue weighted by atomic mass is 16.5. The van der Waals surface area contributed by atoms with Gasteiger partial charge >= 0.3 is 12.1 Å². The van der Waals surface area contributed by atoms with Gasteiger partial charge in [-0.1, -0.05) is 67.4 Å². The van der Waals surface area contributed by atoms with Gasteiger partial charge in [-0.3, -0.25) is 4.79 Å². The van der Waals surface area contributed by atoms with E-state index in [-0.39, 0.29) is 43.2 Å². The molecule has 1 saturated carbocycles. The smallest absolute Gasteiger partial charge is 0.407 e. The first-order chi connectivity index (χ1) is 17.0. The zero-order valence-electron chi connectivity index (χ0n) is 19.7. The van der Waals surface area contributed by atoms with E-state index in [1.54, 1.807) is 0 Å². The minimum atomic E-state index is -1.09. The molecule has 2 amide bonds. The van der Waals surface area contributed by atoms with Gasteiger partial charge < -0.3 is 20.5 Å². The van der Waals surface area contributed by atoms with Crippen LogP contribution in [0.4, 0.5) is 4.79 Å². The lowest BCUT2D eigenvalue weighted by Gasteiger charge is -2.32. The molecule has 1 fully saturated rings. The molecular weight excluding hydrogens is 444 g/mol. The Morgan fingerprint density at radius 3 is 2.29 bits per heavy atom. The number of amides is 2. The standard InChI is InChI=1S/C28H32N2O5/c1-2-9-25(27(32)33)29-26(31)16-18-10-3-8-15-24(18)30-28(34)35-17-23-21-13-6-4-11-19(21)20-12-5-7-14-22(20)23/h2,4-7,11-14,18,23-25H,1,3,8-10,15-17H2,(H,29,31)(H,30,34)(H,32,33)/t18-,24-,25?/m1/s1. The monoisotopic (exact) mass is 476 g/mol. The van der Waals surface area contributed by atoms with Crippen molar-refractivity contribution in [3.05, 3.63) is 72.3 Å². The van der Waals surface area contributed by atoms with Crippen LogP contribution in [0.15, 0.2) is 61.2 Å². The molecule has 0 radical (unpaired) electrons. The van der Waals surface area contributed by atoms with Crippen LogP contribution in [0.5, 0.6) is 0 Å². The van der Waals surface area contributed by atoms with Crippen molar-refractivity contribution in [1.29, 1.82) is 0 Å². The summed E-state index contributed by atoms with van der Waals surface area (Å²) in [4.78, 5) is 36.6. The predicted octanol–water partition coefficient (Wildman–Crippen LogP) is 4.62. The number of hydrogen-bond donors (Lipinski definition) is 3. The summed E-state index contributed by atoms with van der Waals surface area (Å²) in [5.74, 6) is -1.50. The molecule has 0 bridgehead atoms. The number of ether oxygens (including phenoxy) is 1. The van der Waals surface area contributed by atoms with Crippen LogP contribution in [0.3, 0.4) is 0 Å². The quantitative estimate of drug-likeness (QED) is 0.458. The zero-order valence-corrected chi connectivity index (χ0v) is 19.7. The molecule has 0 spiro atoms. The molecule has 2 aromatic carbocycles. The number of fused-ring (bicyclic) bond motifs is 3. The highest BCUT2D eigenvalue weighted by Gasteiger charge is 2.32. The van der Waals surface area contributed by atoms with E-state index in [0.717, 1.165) is 36.8 Å². The van der Waals surface area contributed by atoms with Crippen LogP contribution in [0.1, 0.15) is 55.6 Å². The molecule has 2 aliphatic rings. The Morgan fingerprint density at radius 2 is 1.66 bits per heavy atom. The van der Waals surface area contributed by atoms with Crippen LogP contribution in [-0.2, 0) is 14.3 Å². The molecule has 0 saturated heterocycles. The number of carboxylic acid groups (broad SMARTS) is 1. The molecule has 184 valence electrons. The minimum Gasteiger partial charge on any atom is -0.480 e. The van der Waals surface area contributed by atoms with E-state index >= 15 is 0 Å². The van der Waals surface area contributed by atoms with Crippen molar-refractivity contribution < 1.29 is 24.2 Å². The number of alkyl carbamates (subject to hydrolysis) is 1. The average Bonchev–Trinajstić information content (AvgIpc) is 3.17. The van der Waals surface area contributed by atoms with Gasteiger partial charge in [-0.2, -0.15) is 0 Å². The summed E-state index contributed by atoms with van der Waals surface area (Å²) in [6.07, 6.45) is 4.79. The number of aliphatic carboxylic acids is 1. The van der Waals surface area contributed by atoms with Crippen LogP contribution < -0.4 is 10.6 Å². The Morgan fingerprint density at radius 1 is 1.03 bits per heavy atom. The number of benzene rings is 2. The summed E-state index contributed by atoms with van der Waals surface area (Å²) < 4.78 is 5.68. The number of nitrogens with one attached hydrogen (secondary N) is 2.